The van der Waals surface area contributed by atoms with Gasteiger partial charge in [0.25, 0.3) is 0 Å². The normalized spacial score (nSPS) is 20.8. The number of aryl methyl sites for hydroxylation is 1. The zero-order valence-electron chi connectivity index (χ0n) is 18.4. The molecule has 0 saturated carbocycles. The van der Waals surface area contributed by atoms with Crippen LogP contribution in [0.3, 0.4) is 0 Å². The van der Waals surface area contributed by atoms with Gasteiger partial charge in [-0.1, -0.05) is 11.2 Å². The molecule has 0 spiro atoms. The van der Waals surface area contributed by atoms with Gasteiger partial charge in [0.15, 0.2) is 5.76 Å². The molecule has 2 aliphatic heterocycles. The Morgan fingerprint density at radius 3 is 2.64 bits per heavy atom. The summed E-state index contributed by atoms with van der Waals surface area (Å²) in [6.45, 7) is 4.47. The van der Waals surface area contributed by atoms with Crippen LogP contribution in [0.1, 0.15) is 23.7 Å². The minimum atomic E-state index is -1.15. The van der Waals surface area contributed by atoms with Crippen LogP contribution in [0.15, 0.2) is 59.8 Å². The van der Waals surface area contributed by atoms with Crippen molar-refractivity contribution in [3.05, 3.63) is 83.1 Å². The van der Waals surface area contributed by atoms with E-state index in [0.29, 0.717) is 36.1 Å². The predicted octanol–water partition coefficient (Wildman–Crippen LogP) is 4.36. The van der Waals surface area contributed by atoms with Gasteiger partial charge in [-0.05, 0) is 42.8 Å². The Bertz CT molecular complexity index is 1270. The predicted molar refractivity (Wildman–Crippen MR) is 118 cm³/mol. The minimum Gasteiger partial charge on any atom is -0.495 e. The molecule has 1 aromatic heterocycles. The number of aromatic nitrogens is 2. The van der Waals surface area contributed by atoms with Crippen molar-refractivity contribution in [1.29, 1.82) is 0 Å². The lowest BCUT2D eigenvalue weighted by atomic mass is 10.0. The first-order valence-electron chi connectivity index (χ1n) is 10.4. The molecule has 9 heteroatoms. The molecule has 1 fully saturated rings. The van der Waals surface area contributed by atoms with E-state index in [1.165, 1.54) is 12.1 Å². The summed E-state index contributed by atoms with van der Waals surface area (Å²) in [6, 6.07) is 9.08. The van der Waals surface area contributed by atoms with Gasteiger partial charge in [-0.2, -0.15) is 0 Å². The second-order valence-corrected chi connectivity index (χ2v) is 8.01. The van der Waals surface area contributed by atoms with Gasteiger partial charge in [0.1, 0.15) is 24.0 Å². The van der Waals surface area contributed by atoms with Crippen LogP contribution < -0.4 is 4.74 Å². The lowest BCUT2D eigenvalue weighted by Gasteiger charge is -2.37. The Labute approximate surface area is 189 Å². The van der Waals surface area contributed by atoms with E-state index in [9.17, 15) is 8.78 Å². The zero-order valence-corrected chi connectivity index (χ0v) is 18.4. The van der Waals surface area contributed by atoms with Crippen molar-refractivity contribution in [3.63, 3.8) is 0 Å². The van der Waals surface area contributed by atoms with E-state index in [2.05, 4.69) is 10.1 Å². The highest BCUT2D eigenvalue weighted by Crippen LogP contribution is 2.39. The quantitative estimate of drug-likeness (QED) is 0.589. The summed E-state index contributed by atoms with van der Waals surface area (Å²) in [6.07, 6.45) is 5.48. The smallest absolute Gasteiger partial charge is 0.234 e. The van der Waals surface area contributed by atoms with Crippen molar-refractivity contribution in [2.75, 3.05) is 20.3 Å². The van der Waals surface area contributed by atoms with E-state index in [1.807, 2.05) is 46.9 Å². The molecule has 2 aromatic carbocycles. The summed E-state index contributed by atoms with van der Waals surface area (Å²) < 4.78 is 41.1. The summed E-state index contributed by atoms with van der Waals surface area (Å²) in [5, 5.41) is 4.20. The first-order chi connectivity index (χ1) is 15.9. The number of hydrogen-bond donors (Lipinski definition) is 0. The summed E-state index contributed by atoms with van der Waals surface area (Å²) in [4.78, 5) is 11.8. The van der Waals surface area contributed by atoms with Crippen LogP contribution in [-0.4, -0.2) is 40.5 Å². The summed E-state index contributed by atoms with van der Waals surface area (Å²) in [7, 11) is 1.61. The van der Waals surface area contributed by atoms with Crippen molar-refractivity contribution in [2.45, 2.75) is 19.6 Å². The van der Waals surface area contributed by atoms with E-state index in [-0.39, 0.29) is 0 Å². The second-order valence-electron chi connectivity index (χ2n) is 8.01. The molecule has 1 saturated heterocycles. The molecule has 3 heterocycles. The van der Waals surface area contributed by atoms with Crippen molar-refractivity contribution in [3.8, 4) is 11.4 Å². The van der Waals surface area contributed by atoms with Gasteiger partial charge < -0.3 is 23.8 Å². The van der Waals surface area contributed by atoms with Gasteiger partial charge >= 0.3 is 0 Å². The number of fused-ring (bicyclic) bond motifs is 1. The lowest BCUT2D eigenvalue weighted by Crippen LogP contribution is -2.49. The van der Waals surface area contributed by atoms with Gasteiger partial charge in [0, 0.05) is 24.8 Å². The summed E-state index contributed by atoms with van der Waals surface area (Å²) in [5.41, 5.74) is 1.77. The number of hydrogen-bond acceptors (Lipinski definition) is 6. The number of methoxy groups -OCH3 is 1. The van der Waals surface area contributed by atoms with Crippen LogP contribution in [0.5, 0.6) is 5.75 Å². The first kappa shape index (κ1) is 21.0. The maximum Gasteiger partial charge on any atom is 0.234 e. The van der Waals surface area contributed by atoms with Crippen LogP contribution >= 0.6 is 0 Å². The Balaban J connectivity index is 1.47. The molecule has 0 N–H and O–H groups in total. The maximum absolute atomic E-state index is 13.9. The molecule has 2 aliphatic rings. The first-order valence-corrected chi connectivity index (χ1v) is 10.4. The molecule has 3 aromatic rings. The molecular weight excluding hydrogens is 430 g/mol. The van der Waals surface area contributed by atoms with E-state index in [4.69, 9.17) is 14.3 Å². The average molecular weight is 452 g/mol. The van der Waals surface area contributed by atoms with Crippen LogP contribution in [0.4, 0.5) is 8.78 Å². The number of nitrogens with zero attached hydrogens (tertiary/aromatic N) is 4. The Morgan fingerprint density at radius 1 is 1.15 bits per heavy atom. The van der Waals surface area contributed by atoms with Crippen molar-refractivity contribution in [1.82, 2.24) is 14.5 Å². The highest BCUT2D eigenvalue weighted by Gasteiger charge is 2.47. The minimum absolute atomic E-state index is 0.335. The van der Waals surface area contributed by atoms with E-state index >= 15 is 0 Å². The van der Waals surface area contributed by atoms with Crippen LogP contribution in [0, 0.1) is 18.6 Å². The fourth-order valence-corrected chi connectivity index (χ4v) is 4.08. The number of halogens is 2. The van der Waals surface area contributed by atoms with E-state index < -0.39 is 17.4 Å². The molecule has 5 rings (SSSR count). The molecular formula is C24H22F2N4O3. The molecule has 1 atom stereocenters. The largest absolute Gasteiger partial charge is 0.495 e. The average Bonchev–Trinajstić information content (AvgIpc) is 3.38. The fourth-order valence-electron chi connectivity index (χ4n) is 4.08. The fraction of sp³-hybridized carbons (Fsp3) is 0.250. The highest BCUT2D eigenvalue weighted by molar-refractivity contribution is 6.01. The number of ether oxygens (including phenoxy) is 2. The number of morpholine rings is 1. The topological polar surface area (TPSA) is 61.1 Å². The third-order valence-corrected chi connectivity index (χ3v) is 5.76. The van der Waals surface area contributed by atoms with E-state index in [0.717, 1.165) is 23.0 Å². The Hall–Kier alpha value is -3.88. The summed E-state index contributed by atoms with van der Waals surface area (Å²) in [5.74, 6) is 0.274. The van der Waals surface area contributed by atoms with Crippen LogP contribution in [0.25, 0.3) is 11.8 Å². The molecule has 33 heavy (non-hydrogen) atoms. The Morgan fingerprint density at radius 2 is 1.94 bits per heavy atom. The number of amidine groups is 1. The number of benzene rings is 2. The number of oxime groups is 1. The molecule has 7 nitrogen and oxygen atoms in total. The van der Waals surface area contributed by atoms with Crippen molar-refractivity contribution >= 4 is 11.9 Å². The molecule has 0 bridgehead atoms. The maximum atomic E-state index is 13.9. The van der Waals surface area contributed by atoms with Gasteiger partial charge in [0.2, 0.25) is 11.6 Å². The van der Waals surface area contributed by atoms with Crippen LogP contribution in [0.2, 0.25) is 0 Å². The third kappa shape index (κ3) is 3.69. The highest BCUT2D eigenvalue weighted by atomic mass is 19.1. The number of imidazole rings is 1. The van der Waals surface area contributed by atoms with Crippen LogP contribution in [-0.2, 0) is 15.3 Å². The molecule has 1 unspecified atom stereocenters. The van der Waals surface area contributed by atoms with Gasteiger partial charge in [-0.3, -0.25) is 0 Å². The summed E-state index contributed by atoms with van der Waals surface area (Å²) >= 11 is 0. The SMILES string of the molecule is COc1cc(C=C2OCCN3C2=NOC3(C)c2cc(F)cc(F)c2)ccc1-n1cnc(C)c1. The van der Waals surface area contributed by atoms with Gasteiger partial charge in [-0.25, -0.2) is 13.8 Å². The number of rotatable bonds is 4. The van der Waals surface area contributed by atoms with E-state index in [1.54, 1.807) is 20.4 Å². The Kier molecular flexibility index (Phi) is 5.03. The second kappa shape index (κ2) is 7.91. The monoisotopic (exact) mass is 452 g/mol. The molecule has 170 valence electrons. The van der Waals surface area contributed by atoms with Crippen molar-refractivity contribution in [2.24, 2.45) is 5.16 Å². The van der Waals surface area contributed by atoms with Gasteiger partial charge in [-0.15, -0.1) is 0 Å². The van der Waals surface area contributed by atoms with Gasteiger partial charge in [0.05, 0.1) is 31.4 Å². The zero-order chi connectivity index (χ0) is 23.2. The van der Waals surface area contributed by atoms with Crippen molar-refractivity contribution < 1.29 is 23.1 Å². The standard InChI is InChI=1S/C24H22F2N4O3/c1-15-13-29(14-27-15)20-5-4-16(8-21(20)31-3)9-22-23-28-33-24(2,30(23)6-7-32-22)17-10-18(25)12-19(26)11-17/h4-5,8-14H,6-7H2,1-3H3. The lowest BCUT2D eigenvalue weighted by molar-refractivity contribution is -0.0971. The molecule has 0 amide bonds. The molecule has 0 radical (unpaired) electrons. The molecule has 0 aliphatic carbocycles. The third-order valence-electron chi connectivity index (χ3n) is 5.76.